The number of anilines is 1. The minimum Gasteiger partial charge on any atom is -0.381 e. The van der Waals surface area contributed by atoms with Gasteiger partial charge in [-0.25, -0.2) is 4.39 Å². The fourth-order valence-corrected chi connectivity index (χ4v) is 1.70. The molecule has 0 spiro atoms. The van der Waals surface area contributed by atoms with Gasteiger partial charge in [-0.3, -0.25) is 0 Å². The summed E-state index contributed by atoms with van der Waals surface area (Å²) in [6, 6.07) is 3.03. The molecular weight excluding hydrogens is 263 g/mol. The van der Waals surface area contributed by atoms with Gasteiger partial charge in [-0.1, -0.05) is 0 Å². The Balaban J connectivity index is 2.58. The first-order valence-electron chi connectivity index (χ1n) is 4.22. The lowest BCUT2D eigenvalue weighted by Gasteiger charge is -2.05. The molecule has 0 fully saturated rings. The largest absolute Gasteiger partial charge is 0.381 e. The van der Waals surface area contributed by atoms with E-state index in [1.54, 1.807) is 6.07 Å². The Labute approximate surface area is 94.0 Å². The molecule has 15 heavy (non-hydrogen) atoms. The van der Waals surface area contributed by atoms with Gasteiger partial charge >= 0.3 is 0 Å². The van der Waals surface area contributed by atoms with Gasteiger partial charge in [0.15, 0.2) is 5.82 Å². The second-order valence-corrected chi connectivity index (χ2v) is 3.97. The smallest absolute Gasteiger partial charge is 0.166 e. The average Bonchev–Trinajstić information content (AvgIpc) is 2.58. The number of nitrogen functional groups attached to an aromatic ring is 1. The number of hydrogen-bond donors (Lipinski definition) is 1. The summed E-state index contributed by atoms with van der Waals surface area (Å²) in [5.74, 6) is -0.0517. The van der Waals surface area contributed by atoms with Crippen molar-refractivity contribution in [3.05, 3.63) is 34.2 Å². The van der Waals surface area contributed by atoms with Crippen LogP contribution in [0.4, 0.5) is 10.2 Å². The predicted molar refractivity (Wildman–Crippen MR) is 58.2 cm³/mol. The monoisotopic (exact) mass is 270 g/mol. The van der Waals surface area contributed by atoms with Crippen molar-refractivity contribution in [3.8, 4) is 5.69 Å². The maximum absolute atomic E-state index is 13.3. The van der Waals surface area contributed by atoms with Gasteiger partial charge < -0.3 is 5.73 Å². The molecule has 0 saturated carbocycles. The number of aryl methyl sites for hydroxylation is 1. The molecule has 2 N–H and O–H groups in total. The lowest BCUT2D eigenvalue weighted by Crippen LogP contribution is -2.02. The van der Waals surface area contributed by atoms with E-state index < -0.39 is 0 Å². The maximum atomic E-state index is 13.3. The second kappa shape index (κ2) is 3.62. The first kappa shape index (κ1) is 10.1. The summed E-state index contributed by atoms with van der Waals surface area (Å²) in [7, 11) is 0. The van der Waals surface area contributed by atoms with Crippen molar-refractivity contribution in [3.63, 3.8) is 0 Å². The quantitative estimate of drug-likeness (QED) is 0.863. The minimum atomic E-state index is -0.355. The van der Waals surface area contributed by atoms with Gasteiger partial charge in [0.2, 0.25) is 0 Å². The lowest BCUT2D eigenvalue weighted by molar-refractivity contribution is 0.615. The van der Waals surface area contributed by atoms with Gasteiger partial charge in [-0.15, -0.1) is 9.90 Å². The van der Waals surface area contributed by atoms with Crippen LogP contribution in [0.3, 0.4) is 0 Å². The van der Waals surface area contributed by atoms with Crippen LogP contribution >= 0.6 is 15.9 Å². The molecule has 0 bridgehead atoms. The van der Waals surface area contributed by atoms with E-state index in [9.17, 15) is 4.39 Å². The summed E-state index contributed by atoms with van der Waals surface area (Å²) in [5.41, 5.74) is 6.87. The van der Waals surface area contributed by atoms with Crippen molar-refractivity contribution < 1.29 is 4.39 Å². The Morgan fingerprint density at radius 1 is 1.47 bits per heavy atom. The molecule has 0 aliphatic heterocycles. The molecule has 1 aromatic carbocycles. The number of nitrogens with zero attached hydrogens (tertiary/aromatic N) is 3. The van der Waals surface area contributed by atoms with E-state index in [0.717, 1.165) is 5.56 Å². The zero-order valence-electron chi connectivity index (χ0n) is 7.91. The van der Waals surface area contributed by atoms with Crippen molar-refractivity contribution in [2.24, 2.45) is 0 Å². The standard InChI is InChI=1S/C9H8BrFN4/c1-5-2-6(10)7(11)3-8(5)15-13-4-9(12)14-15/h2-4H,1H3,(H2,12,14). The Morgan fingerprint density at radius 2 is 2.20 bits per heavy atom. The van der Waals surface area contributed by atoms with Crippen molar-refractivity contribution in [2.75, 3.05) is 5.73 Å². The highest BCUT2D eigenvalue weighted by Crippen LogP contribution is 2.22. The molecule has 78 valence electrons. The van der Waals surface area contributed by atoms with E-state index in [1.165, 1.54) is 17.1 Å². The van der Waals surface area contributed by atoms with Gasteiger partial charge in [0, 0.05) is 6.07 Å². The third-order valence-corrected chi connectivity index (χ3v) is 2.57. The van der Waals surface area contributed by atoms with Crippen LogP contribution < -0.4 is 5.73 Å². The minimum absolute atomic E-state index is 0.303. The van der Waals surface area contributed by atoms with Crippen molar-refractivity contribution in [1.29, 1.82) is 0 Å². The second-order valence-electron chi connectivity index (χ2n) is 3.11. The van der Waals surface area contributed by atoms with Crippen LogP contribution in [0.2, 0.25) is 0 Å². The molecule has 0 saturated heterocycles. The van der Waals surface area contributed by atoms with Crippen LogP contribution in [0.15, 0.2) is 22.8 Å². The molecule has 2 rings (SSSR count). The van der Waals surface area contributed by atoms with E-state index in [-0.39, 0.29) is 5.82 Å². The molecule has 0 aliphatic rings. The van der Waals surface area contributed by atoms with E-state index in [4.69, 9.17) is 5.73 Å². The van der Waals surface area contributed by atoms with Crippen LogP contribution in [0, 0.1) is 12.7 Å². The van der Waals surface area contributed by atoms with Crippen LogP contribution in [0.1, 0.15) is 5.56 Å². The fraction of sp³-hybridized carbons (Fsp3) is 0.111. The van der Waals surface area contributed by atoms with Gasteiger partial charge in [0.1, 0.15) is 5.82 Å². The molecular formula is C9H8BrFN4. The summed E-state index contributed by atoms with van der Waals surface area (Å²) in [6.45, 7) is 1.85. The third-order valence-electron chi connectivity index (χ3n) is 1.96. The molecule has 0 unspecified atom stereocenters. The average molecular weight is 271 g/mol. The molecule has 0 radical (unpaired) electrons. The molecule has 1 aromatic heterocycles. The van der Waals surface area contributed by atoms with Gasteiger partial charge in [-0.2, -0.15) is 5.10 Å². The van der Waals surface area contributed by atoms with E-state index in [1.807, 2.05) is 6.92 Å². The molecule has 0 aliphatic carbocycles. The Kier molecular flexibility index (Phi) is 2.44. The highest BCUT2D eigenvalue weighted by molar-refractivity contribution is 9.10. The van der Waals surface area contributed by atoms with Crippen molar-refractivity contribution in [1.82, 2.24) is 15.0 Å². The molecule has 4 nitrogen and oxygen atoms in total. The van der Waals surface area contributed by atoms with Crippen molar-refractivity contribution >= 4 is 21.7 Å². The Morgan fingerprint density at radius 3 is 2.80 bits per heavy atom. The SMILES string of the molecule is Cc1cc(Br)c(F)cc1-n1ncc(N)n1. The summed E-state index contributed by atoms with van der Waals surface area (Å²) in [5, 5.41) is 7.83. The van der Waals surface area contributed by atoms with Gasteiger partial charge in [0.25, 0.3) is 0 Å². The number of benzene rings is 1. The number of rotatable bonds is 1. The summed E-state index contributed by atoms with van der Waals surface area (Å²) in [4.78, 5) is 1.31. The summed E-state index contributed by atoms with van der Waals surface area (Å²) >= 11 is 3.11. The van der Waals surface area contributed by atoms with E-state index in [2.05, 4.69) is 26.1 Å². The number of hydrogen-bond acceptors (Lipinski definition) is 3. The number of aromatic nitrogens is 3. The number of nitrogens with two attached hydrogens (primary N) is 1. The van der Waals surface area contributed by atoms with E-state index >= 15 is 0 Å². The first-order valence-corrected chi connectivity index (χ1v) is 5.01. The van der Waals surface area contributed by atoms with Crippen LogP contribution in [0.5, 0.6) is 0 Å². The Hall–Kier alpha value is -1.43. The molecule has 6 heteroatoms. The zero-order chi connectivity index (χ0) is 11.0. The first-order chi connectivity index (χ1) is 7.08. The normalized spacial score (nSPS) is 10.6. The fourth-order valence-electron chi connectivity index (χ4n) is 1.24. The number of halogens is 2. The molecule has 1 heterocycles. The predicted octanol–water partition coefficient (Wildman–Crippen LogP) is 2.06. The maximum Gasteiger partial charge on any atom is 0.166 e. The van der Waals surface area contributed by atoms with Gasteiger partial charge in [0.05, 0.1) is 16.4 Å². The third kappa shape index (κ3) is 1.85. The molecule has 0 amide bonds. The van der Waals surface area contributed by atoms with Crippen LogP contribution in [-0.4, -0.2) is 15.0 Å². The van der Waals surface area contributed by atoms with E-state index in [0.29, 0.717) is 16.0 Å². The molecule has 2 aromatic rings. The summed E-state index contributed by atoms with van der Waals surface area (Å²) < 4.78 is 13.7. The zero-order valence-corrected chi connectivity index (χ0v) is 9.49. The van der Waals surface area contributed by atoms with Gasteiger partial charge in [-0.05, 0) is 34.5 Å². The highest BCUT2D eigenvalue weighted by Gasteiger charge is 2.08. The van der Waals surface area contributed by atoms with Crippen LogP contribution in [0.25, 0.3) is 5.69 Å². The van der Waals surface area contributed by atoms with Crippen LogP contribution in [-0.2, 0) is 0 Å². The lowest BCUT2D eigenvalue weighted by atomic mass is 10.2. The topological polar surface area (TPSA) is 56.7 Å². The highest BCUT2D eigenvalue weighted by atomic mass is 79.9. The summed E-state index contributed by atoms with van der Waals surface area (Å²) in [6.07, 6.45) is 1.42. The Bertz CT molecular complexity index is 509. The van der Waals surface area contributed by atoms with Crippen molar-refractivity contribution in [2.45, 2.75) is 6.92 Å². The molecule has 0 atom stereocenters.